The van der Waals surface area contributed by atoms with Crippen molar-refractivity contribution in [1.82, 2.24) is 10.2 Å². The number of amides is 1. The van der Waals surface area contributed by atoms with Crippen molar-refractivity contribution in [3.8, 4) is 0 Å². The third kappa shape index (κ3) is 6.50. The summed E-state index contributed by atoms with van der Waals surface area (Å²) in [7, 11) is 0. The van der Waals surface area contributed by atoms with Crippen molar-refractivity contribution in [3.05, 3.63) is 101 Å². The van der Waals surface area contributed by atoms with Gasteiger partial charge < -0.3 is 10.4 Å². The van der Waals surface area contributed by atoms with Gasteiger partial charge in [-0.25, -0.2) is 0 Å². The Labute approximate surface area is 207 Å². The predicted molar refractivity (Wildman–Crippen MR) is 140 cm³/mol. The molecule has 0 saturated carbocycles. The fraction of sp³-hybridized carbons (Fsp3) is 0.345. The zero-order valence-corrected chi connectivity index (χ0v) is 20.6. The molecule has 0 bridgehead atoms. The summed E-state index contributed by atoms with van der Waals surface area (Å²) in [4.78, 5) is 16.6. The van der Waals surface area contributed by atoms with Crippen molar-refractivity contribution >= 4 is 17.7 Å². The molecule has 2 unspecified atom stereocenters. The van der Waals surface area contributed by atoms with Gasteiger partial charge in [0.2, 0.25) is 5.91 Å². The number of hydrogen-bond acceptors (Lipinski definition) is 4. The first kappa shape index (κ1) is 24.5. The smallest absolute Gasteiger partial charge is 0.220 e. The van der Waals surface area contributed by atoms with Gasteiger partial charge >= 0.3 is 0 Å². The molecule has 3 aromatic rings. The lowest BCUT2D eigenvalue weighted by Crippen LogP contribution is -2.34. The molecule has 4 rings (SSSR count). The van der Waals surface area contributed by atoms with Gasteiger partial charge in [0.05, 0.1) is 12.1 Å². The van der Waals surface area contributed by atoms with Crippen LogP contribution in [0, 0.1) is 0 Å². The van der Waals surface area contributed by atoms with E-state index in [1.165, 1.54) is 27.1 Å². The van der Waals surface area contributed by atoms with Crippen molar-refractivity contribution in [1.29, 1.82) is 0 Å². The molecule has 0 fully saturated rings. The standard InChI is InChI=1S/C29H34N2O2S/c1-2-24(32)20-31(19-22-11-4-3-5-12-22)18-10-17-28(33)30-29-25-14-7-6-13-23(25)21-34-27-16-9-8-15-26(27)29/h3-9,11-16,24,29,32H,2,10,17-21H2,1H3,(H,30,33). The van der Waals surface area contributed by atoms with E-state index >= 15 is 0 Å². The summed E-state index contributed by atoms with van der Waals surface area (Å²) in [6.07, 6.45) is 1.58. The normalized spacial score (nSPS) is 15.8. The van der Waals surface area contributed by atoms with Gasteiger partial charge in [0, 0.05) is 30.2 Å². The lowest BCUT2D eigenvalue weighted by molar-refractivity contribution is -0.121. The maximum absolute atomic E-state index is 13.1. The number of thioether (sulfide) groups is 1. The number of benzene rings is 3. The topological polar surface area (TPSA) is 52.6 Å². The molecule has 34 heavy (non-hydrogen) atoms. The van der Waals surface area contributed by atoms with Crippen LogP contribution in [0.1, 0.15) is 54.5 Å². The van der Waals surface area contributed by atoms with Gasteiger partial charge in [0.15, 0.2) is 0 Å². The first-order chi connectivity index (χ1) is 16.6. The molecule has 0 saturated heterocycles. The first-order valence-corrected chi connectivity index (χ1v) is 13.2. The second kappa shape index (κ2) is 12.2. The van der Waals surface area contributed by atoms with Crippen LogP contribution in [0.25, 0.3) is 0 Å². The van der Waals surface area contributed by atoms with Crippen LogP contribution in [0.5, 0.6) is 0 Å². The van der Waals surface area contributed by atoms with E-state index in [0.717, 1.165) is 31.7 Å². The van der Waals surface area contributed by atoms with Gasteiger partial charge in [-0.05, 0) is 47.7 Å². The molecular formula is C29H34N2O2S. The summed E-state index contributed by atoms with van der Waals surface area (Å²) in [6.45, 7) is 4.17. The number of fused-ring (bicyclic) bond motifs is 2. The molecule has 1 heterocycles. The fourth-order valence-corrected chi connectivity index (χ4v) is 5.58. The van der Waals surface area contributed by atoms with Gasteiger partial charge in [0.25, 0.3) is 0 Å². The van der Waals surface area contributed by atoms with Gasteiger partial charge in [-0.15, -0.1) is 11.8 Å². The van der Waals surface area contributed by atoms with E-state index in [2.05, 4.69) is 64.8 Å². The van der Waals surface area contributed by atoms with Gasteiger partial charge in [0.1, 0.15) is 0 Å². The Balaban J connectivity index is 1.40. The fourth-order valence-electron chi connectivity index (χ4n) is 4.48. The van der Waals surface area contributed by atoms with Crippen molar-refractivity contribution in [3.63, 3.8) is 0 Å². The van der Waals surface area contributed by atoms with E-state index in [4.69, 9.17) is 0 Å². The SMILES string of the molecule is CCC(O)CN(CCCC(=O)NC1c2ccccc2CSc2ccccc21)Cc1ccccc1. The zero-order chi connectivity index (χ0) is 23.8. The van der Waals surface area contributed by atoms with Crippen LogP contribution in [0.4, 0.5) is 0 Å². The highest BCUT2D eigenvalue weighted by Gasteiger charge is 2.25. The molecule has 0 spiro atoms. The second-order valence-corrected chi connectivity index (χ2v) is 9.93. The maximum Gasteiger partial charge on any atom is 0.220 e. The molecule has 2 N–H and O–H groups in total. The summed E-state index contributed by atoms with van der Waals surface area (Å²) in [5.41, 5.74) is 4.85. The number of rotatable bonds is 10. The van der Waals surface area contributed by atoms with Crippen LogP contribution < -0.4 is 5.32 Å². The highest BCUT2D eigenvalue weighted by atomic mass is 32.2. The molecule has 1 amide bonds. The number of carbonyl (C=O) groups is 1. The van der Waals surface area contributed by atoms with Crippen molar-refractivity contribution < 1.29 is 9.90 Å². The molecule has 1 aliphatic heterocycles. The Morgan fingerprint density at radius 2 is 1.74 bits per heavy atom. The Morgan fingerprint density at radius 3 is 2.53 bits per heavy atom. The first-order valence-electron chi connectivity index (χ1n) is 12.2. The number of nitrogens with zero attached hydrogens (tertiary/aromatic N) is 1. The quantitative estimate of drug-likeness (QED) is 0.404. The van der Waals surface area contributed by atoms with E-state index in [1.807, 2.05) is 43.0 Å². The number of aliphatic hydroxyl groups excluding tert-OH is 1. The van der Waals surface area contributed by atoms with Crippen molar-refractivity contribution in [2.75, 3.05) is 13.1 Å². The minimum Gasteiger partial charge on any atom is -0.392 e. The average molecular weight is 475 g/mol. The van der Waals surface area contributed by atoms with Gasteiger partial charge in [-0.3, -0.25) is 9.69 Å². The summed E-state index contributed by atoms with van der Waals surface area (Å²) in [6, 6.07) is 27.0. The summed E-state index contributed by atoms with van der Waals surface area (Å²) >= 11 is 1.83. The molecule has 1 aliphatic rings. The van der Waals surface area contributed by atoms with Crippen LogP contribution in [-0.4, -0.2) is 35.1 Å². The summed E-state index contributed by atoms with van der Waals surface area (Å²) in [5.74, 6) is 0.977. The van der Waals surface area contributed by atoms with E-state index in [0.29, 0.717) is 13.0 Å². The average Bonchev–Trinajstić information content (AvgIpc) is 3.02. The molecule has 0 aliphatic carbocycles. The third-order valence-electron chi connectivity index (χ3n) is 6.35. The summed E-state index contributed by atoms with van der Waals surface area (Å²) < 4.78 is 0. The maximum atomic E-state index is 13.1. The second-order valence-electron chi connectivity index (χ2n) is 8.91. The van der Waals surface area contributed by atoms with E-state index in [-0.39, 0.29) is 18.1 Å². The van der Waals surface area contributed by atoms with E-state index in [1.54, 1.807) is 0 Å². The molecule has 5 heteroatoms. The van der Waals surface area contributed by atoms with Crippen LogP contribution in [0.2, 0.25) is 0 Å². The number of hydrogen-bond donors (Lipinski definition) is 2. The predicted octanol–water partition coefficient (Wildman–Crippen LogP) is 5.55. The Bertz CT molecular complexity index is 1020. The Kier molecular flexibility index (Phi) is 8.80. The number of carbonyl (C=O) groups excluding carboxylic acids is 1. The minimum atomic E-state index is -0.353. The molecule has 0 radical (unpaired) electrons. The highest BCUT2D eigenvalue weighted by molar-refractivity contribution is 7.98. The lowest BCUT2D eigenvalue weighted by atomic mass is 9.95. The molecule has 2 atom stereocenters. The summed E-state index contributed by atoms with van der Waals surface area (Å²) in [5, 5.41) is 13.5. The molecule has 4 nitrogen and oxygen atoms in total. The van der Waals surface area contributed by atoms with Gasteiger partial charge in [-0.1, -0.05) is 79.7 Å². The van der Waals surface area contributed by atoms with Crippen LogP contribution >= 0.6 is 11.8 Å². The Hall–Kier alpha value is -2.60. The van der Waals surface area contributed by atoms with Crippen molar-refractivity contribution in [2.45, 2.75) is 55.5 Å². The van der Waals surface area contributed by atoms with Crippen LogP contribution in [0.15, 0.2) is 83.8 Å². The Morgan fingerprint density at radius 1 is 1.03 bits per heavy atom. The van der Waals surface area contributed by atoms with Gasteiger partial charge in [-0.2, -0.15) is 0 Å². The monoisotopic (exact) mass is 474 g/mol. The lowest BCUT2D eigenvalue weighted by Gasteiger charge is -2.25. The highest BCUT2D eigenvalue weighted by Crippen LogP contribution is 2.39. The number of nitrogens with one attached hydrogen (secondary N) is 1. The molecule has 3 aromatic carbocycles. The molecule has 178 valence electrons. The molecule has 0 aromatic heterocycles. The van der Waals surface area contributed by atoms with Crippen LogP contribution in [-0.2, 0) is 17.1 Å². The molecular weight excluding hydrogens is 440 g/mol. The van der Waals surface area contributed by atoms with E-state index < -0.39 is 0 Å². The minimum absolute atomic E-state index is 0.0669. The van der Waals surface area contributed by atoms with Crippen molar-refractivity contribution in [2.24, 2.45) is 0 Å². The number of aliphatic hydroxyl groups is 1. The van der Waals surface area contributed by atoms with Crippen LogP contribution in [0.3, 0.4) is 0 Å². The van der Waals surface area contributed by atoms with E-state index in [9.17, 15) is 9.90 Å². The largest absolute Gasteiger partial charge is 0.392 e. The third-order valence-corrected chi connectivity index (χ3v) is 7.49. The zero-order valence-electron chi connectivity index (χ0n) is 19.8.